The number of piperidine rings is 1. The third kappa shape index (κ3) is 2.44. The number of hydrogen-bond acceptors (Lipinski definition) is 3. The molecule has 3 nitrogen and oxygen atoms in total. The Bertz CT molecular complexity index is 126. The van der Waals surface area contributed by atoms with Crippen LogP contribution >= 0.6 is 0 Å². The van der Waals surface area contributed by atoms with Gasteiger partial charge in [-0.3, -0.25) is 0 Å². The average molecular weight is 172 g/mol. The van der Waals surface area contributed by atoms with Crippen molar-refractivity contribution in [1.82, 2.24) is 4.90 Å². The Morgan fingerprint density at radius 3 is 2.92 bits per heavy atom. The monoisotopic (exact) mass is 172 g/mol. The molecule has 0 aromatic heterocycles. The number of aliphatic hydroxyl groups is 1. The first-order valence-electron chi connectivity index (χ1n) is 4.77. The van der Waals surface area contributed by atoms with Gasteiger partial charge in [0.05, 0.1) is 0 Å². The summed E-state index contributed by atoms with van der Waals surface area (Å²) >= 11 is 0. The van der Waals surface area contributed by atoms with Gasteiger partial charge in [-0.05, 0) is 44.8 Å². The molecule has 1 heterocycles. The average Bonchev–Trinajstić information content (AvgIpc) is 2.07. The highest BCUT2D eigenvalue weighted by Gasteiger charge is 2.23. The van der Waals surface area contributed by atoms with Crippen molar-refractivity contribution in [3.05, 3.63) is 0 Å². The van der Waals surface area contributed by atoms with E-state index in [9.17, 15) is 0 Å². The topological polar surface area (TPSA) is 49.5 Å². The number of nitrogens with zero attached hydrogens (tertiary/aromatic N) is 1. The summed E-state index contributed by atoms with van der Waals surface area (Å²) in [6, 6.07) is 0. The van der Waals surface area contributed by atoms with Crippen molar-refractivity contribution >= 4 is 0 Å². The lowest BCUT2D eigenvalue weighted by Gasteiger charge is -2.33. The lowest BCUT2D eigenvalue weighted by molar-refractivity contribution is 0.114. The van der Waals surface area contributed by atoms with E-state index in [1.54, 1.807) is 0 Å². The Hall–Kier alpha value is -0.120. The summed E-state index contributed by atoms with van der Waals surface area (Å²) in [4.78, 5) is 2.33. The number of nitrogens with two attached hydrogens (primary N) is 1. The minimum Gasteiger partial charge on any atom is -0.396 e. The van der Waals surface area contributed by atoms with Crippen LogP contribution in [0, 0.1) is 11.8 Å². The molecule has 2 unspecified atom stereocenters. The van der Waals surface area contributed by atoms with Gasteiger partial charge < -0.3 is 15.7 Å². The number of likely N-dealkylation sites (tertiary alicyclic amines) is 1. The standard InChI is InChI=1S/C9H20N2O/c1-11-4-2-3-8(6-11)9(5-10)7-12/h8-9,12H,2-7,10H2,1H3. The van der Waals surface area contributed by atoms with Crippen LogP contribution in [0.25, 0.3) is 0 Å². The molecular weight excluding hydrogens is 152 g/mol. The Kier molecular flexibility index (Phi) is 3.98. The summed E-state index contributed by atoms with van der Waals surface area (Å²) in [5.74, 6) is 0.923. The molecule has 2 atom stereocenters. The Morgan fingerprint density at radius 1 is 1.67 bits per heavy atom. The van der Waals surface area contributed by atoms with Crippen molar-refractivity contribution in [3.8, 4) is 0 Å². The van der Waals surface area contributed by atoms with Gasteiger partial charge in [-0.25, -0.2) is 0 Å². The summed E-state index contributed by atoms with van der Waals surface area (Å²) in [7, 11) is 2.14. The van der Waals surface area contributed by atoms with Gasteiger partial charge in [-0.15, -0.1) is 0 Å². The van der Waals surface area contributed by atoms with Gasteiger partial charge in [0.2, 0.25) is 0 Å². The molecule has 12 heavy (non-hydrogen) atoms. The molecule has 1 rings (SSSR count). The third-order valence-corrected chi connectivity index (χ3v) is 2.86. The first-order chi connectivity index (χ1) is 5.77. The largest absolute Gasteiger partial charge is 0.396 e. The zero-order valence-corrected chi connectivity index (χ0v) is 7.87. The summed E-state index contributed by atoms with van der Waals surface area (Å²) in [5.41, 5.74) is 5.58. The van der Waals surface area contributed by atoms with Crippen LogP contribution in [0.3, 0.4) is 0 Å². The summed E-state index contributed by atoms with van der Waals surface area (Å²) in [5, 5.41) is 9.07. The fourth-order valence-electron chi connectivity index (χ4n) is 2.01. The molecule has 1 saturated heterocycles. The Labute approximate surface area is 74.5 Å². The quantitative estimate of drug-likeness (QED) is 0.625. The van der Waals surface area contributed by atoms with E-state index in [0.29, 0.717) is 18.4 Å². The van der Waals surface area contributed by atoms with E-state index in [2.05, 4.69) is 11.9 Å². The zero-order chi connectivity index (χ0) is 8.97. The minimum absolute atomic E-state index is 0.245. The molecule has 1 aliphatic rings. The maximum atomic E-state index is 9.07. The number of hydrogen-bond donors (Lipinski definition) is 2. The van der Waals surface area contributed by atoms with Crippen molar-refractivity contribution < 1.29 is 5.11 Å². The second kappa shape index (κ2) is 4.80. The maximum absolute atomic E-state index is 9.07. The van der Waals surface area contributed by atoms with Crippen LogP contribution in [0.2, 0.25) is 0 Å². The van der Waals surface area contributed by atoms with Crippen LogP contribution < -0.4 is 5.73 Å². The molecule has 72 valence electrons. The molecule has 0 aromatic rings. The van der Waals surface area contributed by atoms with Crippen molar-refractivity contribution in [2.75, 3.05) is 33.3 Å². The van der Waals surface area contributed by atoms with Crippen molar-refractivity contribution in [2.45, 2.75) is 12.8 Å². The molecular formula is C9H20N2O. The normalized spacial score (nSPS) is 28.8. The zero-order valence-electron chi connectivity index (χ0n) is 7.87. The highest BCUT2D eigenvalue weighted by molar-refractivity contribution is 4.77. The highest BCUT2D eigenvalue weighted by atomic mass is 16.3. The van der Waals surface area contributed by atoms with Crippen molar-refractivity contribution in [3.63, 3.8) is 0 Å². The molecule has 0 aliphatic carbocycles. The van der Waals surface area contributed by atoms with Crippen LogP contribution in [0.5, 0.6) is 0 Å². The van der Waals surface area contributed by atoms with Gasteiger partial charge in [-0.2, -0.15) is 0 Å². The second-order valence-electron chi connectivity index (χ2n) is 3.84. The fourth-order valence-corrected chi connectivity index (χ4v) is 2.01. The van der Waals surface area contributed by atoms with E-state index in [-0.39, 0.29) is 6.61 Å². The van der Waals surface area contributed by atoms with Crippen LogP contribution in [0.15, 0.2) is 0 Å². The molecule has 0 saturated carbocycles. The first-order valence-corrected chi connectivity index (χ1v) is 4.77. The second-order valence-corrected chi connectivity index (χ2v) is 3.84. The Balaban J connectivity index is 2.38. The molecule has 3 N–H and O–H groups in total. The van der Waals surface area contributed by atoms with E-state index < -0.39 is 0 Å². The molecule has 3 heteroatoms. The lowest BCUT2D eigenvalue weighted by Crippen LogP contribution is -2.39. The maximum Gasteiger partial charge on any atom is 0.0474 e. The van der Waals surface area contributed by atoms with Gasteiger partial charge in [0.25, 0.3) is 0 Å². The predicted molar refractivity (Wildman–Crippen MR) is 49.9 cm³/mol. The summed E-state index contributed by atoms with van der Waals surface area (Å²) in [6.45, 7) is 3.16. The first kappa shape index (κ1) is 9.96. The fraction of sp³-hybridized carbons (Fsp3) is 1.00. The molecule has 0 radical (unpaired) electrons. The molecule has 0 spiro atoms. The van der Waals surface area contributed by atoms with E-state index in [4.69, 9.17) is 10.8 Å². The number of aliphatic hydroxyl groups excluding tert-OH is 1. The van der Waals surface area contributed by atoms with Crippen LogP contribution in [0.1, 0.15) is 12.8 Å². The summed E-state index contributed by atoms with van der Waals surface area (Å²) in [6.07, 6.45) is 2.48. The van der Waals surface area contributed by atoms with E-state index in [1.165, 1.54) is 19.4 Å². The SMILES string of the molecule is CN1CCCC(C(CN)CO)C1. The smallest absolute Gasteiger partial charge is 0.0474 e. The van der Waals surface area contributed by atoms with E-state index in [1.807, 2.05) is 0 Å². The molecule has 1 fully saturated rings. The molecule has 0 amide bonds. The van der Waals surface area contributed by atoms with Gasteiger partial charge in [0.15, 0.2) is 0 Å². The lowest BCUT2D eigenvalue weighted by atomic mass is 9.86. The van der Waals surface area contributed by atoms with Crippen LogP contribution in [-0.2, 0) is 0 Å². The van der Waals surface area contributed by atoms with E-state index >= 15 is 0 Å². The van der Waals surface area contributed by atoms with E-state index in [0.717, 1.165) is 6.54 Å². The molecule has 1 aliphatic heterocycles. The predicted octanol–water partition coefficient (Wildman–Crippen LogP) is -0.105. The summed E-state index contributed by atoms with van der Waals surface area (Å²) < 4.78 is 0. The van der Waals surface area contributed by atoms with Gasteiger partial charge in [0, 0.05) is 13.2 Å². The minimum atomic E-state index is 0.245. The van der Waals surface area contributed by atoms with Gasteiger partial charge in [-0.1, -0.05) is 0 Å². The van der Waals surface area contributed by atoms with Crippen LogP contribution in [0.4, 0.5) is 0 Å². The third-order valence-electron chi connectivity index (χ3n) is 2.86. The van der Waals surface area contributed by atoms with Crippen molar-refractivity contribution in [1.29, 1.82) is 0 Å². The molecule has 0 bridgehead atoms. The molecule has 0 aromatic carbocycles. The number of rotatable bonds is 3. The van der Waals surface area contributed by atoms with Crippen molar-refractivity contribution in [2.24, 2.45) is 17.6 Å². The van der Waals surface area contributed by atoms with Gasteiger partial charge >= 0.3 is 0 Å². The highest BCUT2D eigenvalue weighted by Crippen LogP contribution is 2.22. The Morgan fingerprint density at radius 2 is 2.42 bits per heavy atom. The van der Waals surface area contributed by atoms with Crippen LogP contribution in [-0.4, -0.2) is 43.3 Å². The van der Waals surface area contributed by atoms with Gasteiger partial charge in [0.1, 0.15) is 0 Å².